The molecular weight excluding hydrogens is 176 g/mol. The molecule has 1 rings (SSSR count). The minimum Gasteiger partial charge on any atom is -0.387 e. The molecule has 2 nitrogen and oxygen atoms in total. The highest BCUT2D eigenvalue weighted by Gasteiger charge is 2.48. The van der Waals surface area contributed by atoms with Crippen molar-refractivity contribution in [2.24, 2.45) is 0 Å². The van der Waals surface area contributed by atoms with E-state index in [1.165, 1.54) is 0 Å². The Bertz CT molecular complexity index is 200. The van der Waals surface area contributed by atoms with Gasteiger partial charge in [-0.25, -0.2) is 0 Å². The third kappa shape index (κ3) is 1.91. The summed E-state index contributed by atoms with van der Waals surface area (Å²) in [4.78, 5) is 0. The summed E-state index contributed by atoms with van der Waals surface area (Å²) in [7, 11) is 0. The van der Waals surface area contributed by atoms with Gasteiger partial charge in [0.25, 0.3) is 0 Å². The van der Waals surface area contributed by atoms with Crippen molar-refractivity contribution in [3.05, 3.63) is 25.3 Å². The molecule has 2 unspecified atom stereocenters. The first-order chi connectivity index (χ1) is 6.58. The largest absolute Gasteiger partial charge is 0.387 e. The third-order valence-electron chi connectivity index (χ3n) is 3.26. The second-order valence-corrected chi connectivity index (χ2v) is 4.26. The summed E-state index contributed by atoms with van der Waals surface area (Å²) in [6.45, 7) is 7.26. The van der Waals surface area contributed by atoms with Crippen LogP contribution in [0.25, 0.3) is 0 Å². The Balaban J connectivity index is 2.85. The molecule has 80 valence electrons. The van der Waals surface area contributed by atoms with E-state index in [4.69, 9.17) is 0 Å². The summed E-state index contributed by atoms with van der Waals surface area (Å²) >= 11 is 0. The minimum atomic E-state index is -0.999. The average Bonchev–Trinajstić information content (AvgIpc) is 2.12. The highest BCUT2D eigenvalue weighted by atomic mass is 16.4. The molecule has 0 aromatic heterocycles. The molecule has 0 saturated heterocycles. The summed E-state index contributed by atoms with van der Waals surface area (Å²) in [6, 6.07) is 0. The van der Waals surface area contributed by atoms with Crippen molar-refractivity contribution in [1.29, 1.82) is 0 Å². The molecule has 14 heavy (non-hydrogen) atoms. The maximum absolute atomic E-state index is 10.4. The third-order valence-corrected chi connectivity index (χ3v) is 3.26. The molecular formula is C12H20O2. The number of aliphatic hydroxyl groups is 2. The van der Waals surface area contributed by atoms with Crippen LogP contribution in [0.1, 0.15) is 38.5 Å². The normalized spacial score (nSPS) is 37.9. The van der Waals surface area contributed by atoms with Crippen LogP contribution < -0.4 is 0 Å². The van der Waals surface area contributed by atoms with Crippen LogP contribution in [0.2, 0.25) is 0 Å². The van der Waals surface area contributed by atoms with E-state index in [-0.39, 0.29) is 0 Å². The Labute approximate surface area is 86.0 Å². The van der Waals surface area contributed by atoms with Gasteiger partial charge in [-0.05, 0) is 25.7 Å². The van der Waals surface area contributed by atoms with Crippen molar-refractivity contribution < 1.29 is 10.2 Å². The first-order valence-corrected chi connectivity index (χ1v) is 5.24. The second kappa shape index (κ2) is 4.28. The first kappa shape index (κ1) is 11.5. The van der Waals surface area contributed by atoms with Crippen molar-refractivity contribution in [1.82, 2.24) is 0 Å². The quantitative estimate of drug-likeness (QED) is 0.676. The molecule has 1 aliphatic carbocycles. The maximum atomic E-state index is 10.4. The van der Waals surface area contributed by atoms with Gasteiger partial charge < -0.3 is 10.2 Å². The summed E-state index contributed by atoms with van der Waals surface area (Å²) in [5, 5.41) is 20.7. The van der Waals surface area contributed by atoms with Crippen LogP contribution in [0.4, 0.5) is 0 Å². The van der Waals surface area contributed by atoms with Crippen LogP contribution in [0, 0.1) is 0 Å². The lowest BCUT2D eigenvalue weighted by molar-refractivity contribution is -0.171. The molecule has 1 fully saturated rings. The zero-order chi connectivity index (χ0) is 10.7. The maximum Gasteiger partial charge on any atom is 0.0970 e. The Morgan fingerprint density at radius 3 is 1.57 bits per heavy atom. The lowest BCUT2D eigenvalue weighted by atomic mass is 9.68. The summed E-state index contributed by atoms with van der Waals surface area (Å²) < 4.78 is 0. The van der Waals surface area contributed by atoms with E-state index in [9.17, 15) is 10.2 Å². The molecule has 2 atom stereocenters. The van der Waals surface area contributed by atoms with Crippen LogP contribution in [0.5, 0.6) is 0 Å². The molecule has 0 bridgehead atoms. The molecule has 0 aromatic rings. The van der Waals surface area contributed by atoms with Crippen LogP contribution in [-0.4, -0.2) is 21.4 Å². The first-order valence-electron chi connectivity index (χ1n) is 5.24. The Morgan fingerprint density at radius 1 is 0.929 bits per heavy atom. The van der Waals surface area contributed by atoms with E-state index in [1.54, 1.807) is 12.2 Å². The molecule has 2 heteroatoms. The minimum absolute atomic E-state index is 0.456. The van der Waals surface area contributed by atoms with Crippen LogP contribution >= 0.6 is 0 Å². The second-order valence-electron chi connectivity index (χ2n) is 4.26. The average molecular weight is 196 g/mol. The molecule has 0 aliphatic heterocycles. The molecule has 1 saturated carbocycles. The van der Waals surface area contributed by atoms with Crippen molar-refractivity contribution in [2.45, 2.75) is 49.7 Å². The van der Waals surface area contributed by atoms with E-state index >= 15 is 0 Å². The van der Waals surface area contributed by atoms with E-state index < -0.39 is 11.2 Å². The Hall–Kier alpha value is -0.600. The highest BCUT2D eigenvalue weighted by molar-refractivity contribution is 5.07. The van der Waals surface area contributed by atoms with Crippen LogP contribution in [0.15, 0.2) is 25.3 Å². The lowest BCUT2D eigenvalue weighted by Crippen LogP contribution is -2.55. The summed E-state index contributed by atoms with van der Waals surface area (Å²) in [5.74, 6) is 0. The van der Waals surface area contributed by atoms with Gasteiger partial charge in [0.15, 0.2) is 0 Å². The molecule has 0 spiro atoms. The molecule has 0 amide bonds. The van der Waals surface area contributed by atoms with Gasteiger partial charge in [0.1, 0.15) is 0 Å². The molecule has 0 radical (unpaired) electrons. The van der Waals surface area contributed by atoms with Crippen LogP contribution in [0.3, 0.4) is 0 Å². The summed E-state index contributed by atoms with van der Waals surface area (Å²) in [6.07, 6.45) is 7.54. The fourth-order valence-electron chi connectivity index (χ4n) is 2.36. The Morgan fingerprint density at radius 2 is 1.29 bits per heavy atom. The lowest BCUT2D eigenvalue weighted by Gasteiger charge is -2.46. The fourth-order valence-corrected chi connectivity index (χ4v) is 2.36. The van der Waals surface area contributed by atoms with Gasteiger partial charge in [-0.1, -0.05) is 25.0 Å². The standard InChI is InChI=1S/C12H20O2/c1-3-7-11(13)9-5-6-10-12(11,14)8-4-2/h3-4,13-14H,1-2,5-10H2. The fraction of sp³-hybridized carbons (Fsp3) is 0.667. The molecule has 2 N–H and O–H groups in total. The highest BCUT2D eigenvalue weighted by Crippen LogP contribution is 2.42. The van der Waals surface area contributed by atoms with Crippen molar-refractivity contribution in [2.75, 3.05) is 0 Å². The summed E-state index contributed by atoms with van der Waals surface area (Å²) in [5.41, 5.74) is -2.00. The Kier molecular flexibility index (Phi) is 3.51. The molecule has 0 aromatic carbocycles. The predicted octanol–water partition coefficient (Wildman–Crippen LogP) is 2.17. The van der Waals surface area contributed by atoms with Gasteiger partial charge in [-0.2, -0.15) is 0 Å². The van der Waals surface area contributed by atoms with Gasteiger partial charge in [0.2, 0.25) is 0 Å². The van der Waals surface area contributed by atoms with Crippen LogP contribution in [-0.2, 0) is 0 Å². The van der Waals surface area contributed by atoms with Gasteiger partial charge in [-0.15, -0.1) is 13.2 Å². The van der Waals surface area contributed by atoms with E-state index in [1.807, 2.05) is 0 Å². The van der Waals surface area contributed by atoms with Gasteiger partial charge in [0.05, 0.1) is 11.2 Å². The smallest absolute Gasteiger partial charge is 0.0970 e. The van der Waals surface area contributed by atoms with E-state index in [2.05, 4.69) is 13.2 Å². The van der Waals surface area contributed by atoms with Gasteiger partial charge >= 0.3 is 0 Å². The zero-order valence-electron chi connectivity index (χ0n) is 8.71. The number of hydrogen-bond acceptors (Lipinski definition) is 2. The zero-order valence-corrected chi connectivity index (χ0v) is 8.71. The van der Waals surface area contributed by atoms with Crippen molar-refractivity contribution in [3.63, 3.8) is 0 Å². The van der Waals surface area contributed by atoms with Gasteiger partial charge in [-0.3, -0.25) is 0 Å². The van der Waals surface area contributed by atoms with E-state index in [0.717, 1.165) is 12.8 Å². The van der Waals surface area contributed by atoms with Crippen molar-refractivity contribution >= 4 is 0 Å². The monoisotopic (exact) mass is 196 g/mol. The molecule has 0 heterocycles. The van der Waals surface area contributed by atoms with E-state index in [0.29, 0.717) is 25.7 Å². The predicted molar refractivity (Wildman–Crippen MR) is 58.0 cm³/mol. The molecule has 1 aliphatic rings. The topological polar surface area (TPSA) is 40.5 Å². The van der Waals surface area contributed by atoms with Crippen molar-refractivity contribution in [3.8, 4) is 0 Å². The van der Waals surface area contributed by atoms with Gasteiger partial charge in [0, 0.05) is 0 Å². The number of hydrogen-bond donors (Lipinski definition) is 2. The number of rotatable bonds is 4. The SMILES string of the molecule is C=CCC1(O)CCCCC1(O)CC=C.